The highest BCUT2D eigenvalue weighted by Gasteiger charge is 2.25. The minimum Gasteiger partial charge on any atom is -0.395 e. The third kappa shape index (κ3) is 2.28. The predicted molar refractivity (Wildman–Crippen MR) is 78.3 cm³/mol. The minimum atomic E-state index is 0.197. The Morgan fingerprint density at radius 2 is 2.26 bits per heavy atom. The van der Waals surface area contributed by atoms with Gasteiger partial charge in [-0.1, -0.05) is 25.1 Å². The van der Waals surface area contributed by atoms with E-state index in [2.05, 4.69) is 41.5 Å². The molecule has 3 nitrogen and oxygen atoms in total. The quantitative estimate of drug-likeness (QED) is 0.789. The lowest BCUT2D eigenvalue weighted by atomic mass is 9.91. The maximum absolute atomic E-state index is 9.37. The first kappa shape index (κ1) is 12.7. The van der Waals surface area contributed by atoms with Crippen LogP contribution in [0, 0.1) is 0 Å². The number of aromatic amines is 1. The van der Waals surface area contributed by atoms with Crippen LogP contribution in [0.5, 0.6) is 0 Å². The molecule has 1 heterocycles. The normalized spacial score (nSPS) is 20.4. The first-order valence-electron chi connectivity index (χ1n) is 7.30. The van der Waals surface area contributed by atoms with Crippen molar-refractivity contribution >= 4 is 10.9 Å². The topological polar surface area (TPSA) is 48.0 Å². The van der Waals surface area contributed by atoms with Crippen LogP contribution in [-0.2, 0) is 6.42 Å². The van der Waals surface area contributed by atoms with Crippen LogP contribution in [0.1, 0.15) is 43.5 Å². The summed E-state index contributed by atoms with van der Waals surface area (Å²) in [4.78, 5) is 3.58. The molecule has 0 fully saturated rings. The van der Waals surface area contributed by atoms with Gasteiger partial charge >= 0.3 is 0 Å². The summed E-state index contributed by atoms with van der Waals surface area (Å²) in [5.41, 5.74) is 4.03. The van der Waals surface area contributed by atoms with E-state index in [0.29, 0.717) is 6.04 Å². The van der Waals surface area contributed by atoms with Crippen molar-refractivity contribution in [3.05, 3.63) is 35.5 Å². The number of aliphatic hydroxyl groups excluding tert-OH is 1. The molecule has 0 bridgehead atoms. The predicted octanol–water partition coefficient (Wildman–Crippen LogP) is 2.91. The second-order valence-electron chi connectivity index (χ2n) is 5.46. The summed E-state index contributed by atoms with van der Waals surface area (Å²) >= 11 is 0. The number of benzene rings is 1. The van der Waals surface area contributed by atoms with Crippen molar-refractivity contribution in [2.24, 2.45) is 0 Å². The smallest absolute Gasteiger partial charge is 0.0584 e. The molecule has 1 aliphatic rings. The Morgan fingerprint density at radius 3 is 3.05 bits per heavy atom. The fraction of sp³-hybridized carbons (Fsp3) is 0.500. The number of hydrogen-bond donors (Lipinski definition) is 3. The van der Waals surface area contributed by atoms with Gasteiger partial charge in [0.25, 0.3) is 0 Å². The van der Waals surface area contributed by atoms with Gasteiger partial charge in [0.2, 0.25) is 0 Å². The number of aromatic nitrogens is 1. The van der Waals surface area contributed by atoms with Crippen molar-refractivity contribution in [1.29, 1.82) is 0 Å². The zero-order chi connectivity index (χ0) is 13.2. The van der Waals surface area contributed by atoms with Crippen molar-refractivity contribution in [1.82, 2.24) is 10.3 Å². The maximum atomic E-state index is 9.37. The second-order valence-corrected chi connectivity index (χ2v) is 5.46. The molecule has 3 N–H and O–H groups in total. The number of hydrogen-bond acceptors (Lipinski definition) is 2. The molecule has 19 heavy (non-hydrogen) atoms. The molecular weight excluding hydrogens is 236 g/mol. The molecule has 0 aliphatic heterocycles. The number of aryl methyl sites for hydroxylation is 1. The zero-order valence-electron chi connectivity index (χ0n) is 11.4. The lowest BCUT2D eigenvalue weighted by molar-refractivity contribution is 0.222. The van der Waals surface area contributed by atoms with Crippen LogP contribution in [0.15, 0.2) is 24.3 Å². The Kier molecular flexibility index (Phi) is 3.58. The Bertz CT molecular complexity index is 557. The first-order chi connectivity index (χ1) is 9.33. The van der Waals surface area contributed by atoms with E-state index in [1.807, 2.05) is 0 Å². The van der Waals surface area contributed by atoms with Crippen molar-refractivity contribution < 1.29 is 5.11 Å². The maximum Gasteiger partial charge on any atom is 0.0584 e. The number of para-hydroxylation sites is 1. The van der Waals surface area contributed by atoms with E-state index in [1.54, 1.807) is 0 Å². The molecule has 0 amide bonds. The van der Waals surface area contributed by atoms with Crippen LogP contribution in [-0.4, -0.2) is 22.7 Å². The van der Waals surface area contributed by atoms with E-state index in [0.717, 1.165) is 19.3 Å². The fourth-order valence-electron chi connectivity index (χ4n) is 3.17. The first-order valence-corrected chi connectivity index (χ1v) is 7.30. The van der Waals surface area contributed by atoms with Crippen LogP contribution < -0.4 is 5.32 Å². The monoisotopic (exact) mass is 258 g/mol. The molecular formula is C16H22N2O. The molecule has 102 valence electrons. The van der Waals surface area contributed by atoms with E-state index in [-0.39, 0.29) is 12.6 Å². The minimum absolute atomic E-state index is 0.197. The highest BCUT2D eigenvalue weighted by atomic mass is 16.3. The number of aliphatic hydroxyl groups is 1. The van der Waals surface area contributed by atoms with Crippen LogP contribution in [0.2, 0.25) is 0 Å². The van der Waals surface area contributed by atoms with Gasteiger partial charge in [0.05, 0.1) is 6.61 Å². The Morgan fingerprint density at radius 1 is 1.42 bits per heavy atom. The van der Waals surface area contributed by atoms with E-state index in [1.165, 1.54) is 28.6 Å². The number of nitrogens with one attached hydrogen (secondary N) is 2. The lowest BCUT2D eigenvalue weighted by Crippen LogP contribution is -2.36. The van der Waals surface area contributed by atoms with Crippen molar-refractivity contribution in [2.75, 3.05) is 6.61 Å². The molecule has 0 saturated heterocycles. The summed E-state index contributed by atoms with van der Waals surface area (Å²) in [6, 6.07) is 9.09. The van der Waals surface area contributed by atoms with Gasteiger partial charge in [0, 0.05) is 28.7 Å². The van der Waals surface area contributed by atoms with Gasteiger partial charge in [0.1, 0.15) is 0 Å². The van der Waals surface area contributed by atoms with Gasteiger partial charge < -0.3 is 15.4 Å². The van der Waals surface area contributed by atoms with Crippen LogP contribution >= 0.6 is 0 Å². The van der Waals surface area contributed by atoms with Crippen molar-refractivity contribution in [3.63, 3.8) is 0 Å². The zero-order valence-corrected chi connectivity index (χ0v) is 11.4. The third-order valence-electron chi connectivity index (χ3n) is 4.26. The summed E-state index contributed by atoms with van der Waals surface area (Å²) in [6.07, 6.45) is 4.49. The van der Waals surface area contributed by atoms with Crippen LogP contribution in [0.4, 0.5) is 0 Å². The Balaban J connectivity index is 1.95. The Hall–Kier alpha value is -1.32. The summed E-state index contributed by atoms with van der Waals surface area (Å²) in [7, 11) is 0. The standard InChI is InChI=1S/C16H22N2O/c1-2-11(10-19)17-15-9-5-7-13-12-6-3-4-8-14(12)18-16(13)15/h3-4,6,8,11,15,17-19H,2,5,7,9-10H2,1H3/t11-,15?/m1/s1. The molecule has 1 aliphatic carbocycles. The summed E-state index contributed by atoms with van der Waals surface area (Å²) in [5, 5.41) is 14.3. The highest BCUT2D eigenvalue weighted by Crippen LogP contribution is 2.34. The lowest BCUT2D eigenvalue weighted by Gasteiger charge is -2.27. The Labute approximate surface area is 114 Å². The highest BCUT2D eigenvalue weighted by molar-refractivity contribution is 5.85. The molecule has 3 rings (SSSR count). The fourth-order valence-corrected chi connectivity index (χ4v) is 3.17. The van der Waals surface area contributed by atoms with Crippen molar-refractivity contribution in [3.8, 4) is 0 Å². The number of rotatable bonds is 4. The molecule has 3 heteroatoms. The molecule has 2 atom stereocenters. The third-order valence-corrected chi connectivity index (χ3v) is 4.26. The molecule has 1 unspecified atom stereocenters. The summed E-state index contributed by atoms with van der Waals surface area (Å²) < 4.78 is 0. The van der Waals surface area contributed by atoms with Gasteiger partial charge in [-0.15, -0.1) is 0 Å². The average molecular weight is 258 g/mol. The molecule has 1 aromatic heterocycles. The molecule has 0 saturated carbocycles. The number of H-pyrrole nitrogens is 1. The van der Waals surface area contributed by atoms with Gasteiger partial charge in [-0.2, -0.15) is 0 Å². The molecule has 0 spiro atoms. The van der Waals surface area contributed by atoms with E-state index in [4.69, 9.17) is 0 Å². The van der Waals surface area contributed by atoms with Gasteiger partial charge in [0.15, 0.2) is 0 Å². The SMILES string of the molecule is CC[C@H](CO)NC1CCCc2c1[nH]c1ccccc21. The van der Waals surface area contributed by atoms with Gasteiger partial charge in [-0.25, -0.2) is 0 Å². The average Bonchev–Trinajstić information content (AvgIpc) is 2.84. The van der Waals surface area contributed by atoms with Crippen molar-refractivity contribution in [2.45, 2.75) is 44.7 Å². The van der Waals surface area contributed by atoms with E-state index in [9.17, 15) is 5.11 Å². The van der Waals surface area contributed by atoms with E-state index < -0.39 is 0 Å². The van der Waals surface area contributed by atoms with Crippen LogP contribution in [0.25, 0.3) is 10.9 Å². The summed E-state index contributed by atoms with van der Waals surface area (Å²) in [5.74, 6) is 0. The largest absolute Gasteiger partial charge is 0.395 e. The van der Waals surface area contributed by atoms with Gasteiger partial charge in [-0.05, 0) is 37.3 Å². The second kappa shape index (κ2) is 5.35. The molecule has 1 aromatic carbocycles. The number of fused-ring (bicyclic) bond motifs is 3. The summed E-state index contributed by atoms with van der Waals surface area (Å²) in [6.45, 7) is 2.32. The van der Waals surface area contributed by atoms with E-state index >= 15 is 0 Å². The molecule has 2 aromatic rings. The molecule has 0 radical (unpaired) electrons. The van der Waals surface area contributed by atoms with Crippen LogP contribution in [0.3, 0.4) is 0 Å². The van der Waals surface area contributed by atoms with Gasteiger partial charge in [-0.3, -0.25) is 0 Å².